The Morgan fingerprint density at radius 3 is 2.83 bits per heavy atom. The molecular weight excluding hydrogens is 154 g/mol. The smallest absolute Gasteiger partial charge is 0.0822 e. The Morgan fingerprint density at radius 2 is 2.42 bits per heavy atom. The average Bonchev–Trinajstić information content (AvgIpc) is 2.18. The second-order valence-corrected chi connectivity index (χ2v) is 3.63. The Labute approximate surface area is 74.2 Å². The molecule has 1 saturated heterocycles. The molecule has 0 bridgehead atoms. The quantitative estimate of drug-likeness (QED) is 0.686. The first-order valence-corrected chi connectivity index (χ1v) is 4.56. The largest absolute Gasteiger partial charge is 0.381 e. The molecule has 2 N–H and O–H groups in total. The Morgan fingerprint density at radius 1 is 1.67 bits per heavy atom. The molecule has 0 aromatic rings. The molecular formula is C9H19NO2. The Kier molecular flexibility index (Phi) is 3.50. The maximum Gasteiger partial charge on any atom is 0.0822 e. The first-order valence-electron chi connectivity index (χ1n) is 4.56. The van der Waals surface area contributed by atoms with Crippen LogP contribution in [0.15, 0.2) is 0 Å². The van der Waals surface area contributed by atoms with E-state index in [1.807, 2.05) is 0 Å². The van der Waals surface area contributed by atoms with Crippen LogP contribution in [0.25, 0.3) is 0 Å². The van der Waals surface area contributed by atoms with E-state index in [0.29, 0.717) is 12.5 Å². The van der Waals surface area contributed by atoms with Gasteiger partial charge in [0.15, 0.2) is 0 Å². The Bertz CT molecular complexity index is 128. The molecule has 0 aromatic heterocycles. The number of hydrogen-bond donors (Lipinski definition) is 1. The number of ether oxygens (including phenoxy) is 2. The normalized spacial score (nSPS) is 29.8. The summed E-state index contributed by atoms with van der Waals surface area (Å²) in [6, 6.07) is 0. The highest BCUT2D eigenvalue weighted by Crippen LogP contribution is 2.27. The van der Waals surface area contributed by atoms with Crippen LogP contribution in [0.1, 0.15) is 19.8 Å². The van der Waals surface area contributed by atoms with Crippen LogP contribution in [-0.4, -0.2) is 32.5 Å². The fraction of sp³-hybridized carbons (Fsp3) is 1.00. The first-order chi connectivity index (χ1) is 5.73. The Balaban J connectivity index is 2.51. The molecule has 1 rings (SSSR count). The molecule has 72 valence electrons. The zero-order chi connectivity index (χ0) is 9.03. The highest BCUT2D eigenvalue weighted by atomic mass is 16.5. The predicted molar refractivity (Wildman–Crippen MR) is 48.0 cm³/mol. The SMILES string of the molecule is COC(C)(CN)C1CCCOC1. The molecule has 0 spiro atoms. The predicted octanol–water partition coefficient (Wildman–Crippen LogP) is 0.777. The molecule has 0 amide bonds. The summed E-state index contributed by atoms with van der Waals surface area (Å²) in [6.45, 7) is 4.31. The second kappa shape index (κ2) is 4.21. The lowest BCUT2D eigenvalue weighted by atomic mass is 9.85. The van der Waals surface area contributed by atoms with Crippen LogP contribution in [0, 0.1) is 5.92 Å². The van der Waals surface area contributed by atoms with Crippen molar-refractivity contribution in [2.24, 2.45) is 11.7 Å². The van der Waals surface area contributed by atoms with Crippen LogP contribution in [0.2, 0.25) is 0 Å². The molecule has 1 heterocycles. The van der Waals surface area contributed by atoms with Crippen LogP contribution in [-0.2, 0) is 9.47 Å². The van der Waals surface area contributed by atoms with E-state index in [0.717, 1.165) is 19.6 Å². The van der Waals surface area contributed by atoms with E-state index in [1.54, 1.807) is 7.11 Å². The monoisotopic (exact) mass is 173 g/mol. The molecule has 0 saturated carbocycles. The summed E-state index contributed by atoms with van der Waals surface area (Å²) in [5.41, 5.74) is 5.47. The standard InChI is InChI=1S/C9H19NO2/c1-9(7-10,11-2)8-4-3-5-12-6-8/h8H,3-7,10H2,1-2H3. The zero-order valence-corrected chi connectivity index (χ0v) is 8.01. The molecule has 3 nitrogen and oxygen atoms in total. The van der Waals surface area contributed by atoms with Gasteiger partial charge in [-0.1, -0.05) is 0 Å². The summed E-state index contributed by atoms with van der Waals surface area (Å²) in [7, 11) is 1.72. The highest BCUT2D eigenvalue weighted by molar-refractivity contribution is 4.86. The van der Waals surface area contributed by atoms with Gasteiger partial charge < -0.3 is 15.2 Å². The number of nitrogens with two attached hydrogens (primary N) is 1. The van der Waals surface area contributed by atoms with Crippen molar-refractivity contribution in [3.8, 4) is 0 Å². The summed E-state index contributed by atoms with van der Waals surface area (Å²) in [4.78, 5) is 0. The molecule has 1 aliphatic heterocycles. The summed E-state index contributed by atoms with van der Waals surface area (Å²) in [6.07, 6.45) is 2.30. The number of rotatable bonds is 3. The van der Waals surface area contributed by atoms with Gasteiger partial charge in [-0.3, -0.25) is 0 Å². The third kappa shape index (κ3) is 1.97. The van der Waals surface area contributed by atoms with E-state index >= 15 is 0 Å². The minimum absolute atomic E-state index is 0.194. The van der Waals surface area contributed by atoms with Gasteiger partial charge >= 0.3 is 0 Å². The van der Waals surface area contributed by atoms with Crippen LogP contribution in [0.5, 0.6) is 0 Å². The van der Waals surface area contributed by atoms with Crippen LogP contribution >= 0.6 is 0 Å². The van der Waals surface area contributed by atoms with Gasteiger partial charge in [-0.2, -0.15) is 0 Å². The molecule has 1 aliphatic rings. The molecule has 2 atom stereocenters. The first kappa shape index (κ1) is 9.96. The van der Waals surface area contributed by atoms with Crippen molar-refractivity contribution in [2.45, 2.75) is 25.4 Å². The summed E-state index contributed by atoms with van der Waals surface area (Å²) in [5.74, 6) is 0.459. The van der Waals surface area contributed by atoms with Crippen molar-refractivity contribution >= 4 is 0 Å². The molecule has 0 radical (unpaired) electrons. The van der Waals surface area contributed by atoms with Gasteiger partial charge in [-0.15, -0.1) is 0 Å². The van der Waals surface area contributed by atoms with E-state index in [9.17, 15) is 0 Å². The molecule has 0 aromatic carbocycles. The van der Waals surface area contributed by atoms with Crippen LogP contribution in [0.4, 0.5) is 0 Å². The molecule has 2 unspecified atom stereocenters. The molecule has 1 fully saturated rings. The minimum Gasteiger partial charge on any atom is -0.381 e. The second-order valence-electron chi connectivity index (χ2n) is 3.63. The van der Waals surface area contributed by atoms with E-state index in [-0.39, 0.29) is 5.60 Å². The maximum absolute atomic E-state index is 5.67. The van der Waals surface area contributed by atoms with E-state index < -0.39 is 0 Å². The topological polar surface area (TPSA) is 44.5 Å². The third-order valence-corrected chi connectivity index (χ3v) is 2.90. The van der Waals surface area contributed by atoms with Gasteiger partial charge in [0.2, 0.25) is 0 Å². The fourth-order valence-corrected chi connectivity index (χ4v) is 1.64. The molecule has 12 heavy (non-hydrogen) atoms. The van der Waals surface area contributed by atoms with Gasteiger partial charge in [-0.05, 0) is 19.8 Å². The Hall–Kier alpha value is -0.120. The van der Waals surface area contributed by atoms with Crippen molar-refractivity contribution in [2.75, 3.05) is 26.9 Å². The lowest BCUT2D eigenvalue weighted by Crippen LogP contribution is -2.47. The molecule has 0 aliphatic carbocycles. The van der Waals surface area contributed by atoms with Gasteiger partial charge in [-0.25, -0.2) is 0 Å². The number of methoxy groups -OCH3 is 1. The van der Waals surface area contributed by atoms with E-state index in [2.05, 4.69) is 6.92 Å². The lowest BCUT2D eigenvalue weighted by molar-refractivity contribution is -0.0862. The minimum atomic E-state index is -0.194. The third-order valence-electron chi connectivity index (χ3n) is 2.90. The van der Waals surface area contributed by atoms with Crippen LogP contribution < -0.4 is 5.73 Å². The van der Waals surface area contributed by atoms with Crippen molar-refractivity contribution in [1.29, 1.82) is 0 Å². The van der Waals surface area contributed by atoms with Gasteiger partial charge in [0, 0.05) is 26.2 Å². The summed E-state index contributed by atoms with van der Waals surface area (Å²) < 4.78 is 10.8. The van der Waals surface area contributed by atoms with Crippen molar-refractivity contribution in [1.82, 2.24) is 0 Å². The van der Waals surface area contributed by atoms with Gasteiger partial charge in [0.1, 0.15) is 0 Å². The number of hydrogen-bond acceptors (Lipinski definition) is 3. The van der Waals surface area contributed by atoms with Crippen molar-refractivity contribution < 1.29 is 9.47 Å². The average molecular weight is 173 g/mol. The summed E-state index contributed by atoms with van der Waals surface area (Å²) in [5, 5.41) is 0. The molecule has 3 heteroatoms. The van der Waals surface area contributed by atoms with Gasteiger partial charge in [0.05, 0.1) is 12.2 Å². The van der Waals surface area contributed by atoms with E-state index in [4.69, 9.17) is 15.2 Å². The van der Waals surface area contributed by atoms with Gasteiger partial charge in [0.25, 0.3) is 0 Å². The lowest BCUT2D eigenvalue weighted by Gasteiger charge is -2.37. The fourth-order valence-electron chi connectivity index (χ4n) is 1.64. The van der Waals surface area contributed by atoms with E-state index in [1.165, 1.54) is 6.42 Å². The van der Waals surface area contributed by atoms with Crippen molar-refractivity contribution in [3.63, 3.8) is 0 Å². The highest BCUT2D eigenvalue weighted by Gasteiger charge is 2.34. The van der Waals surface area contributed by atoms with Crippen LogP contribution in [0.3, 0.4) is 0 Å². The zero-order valence-electron chi connectivity index (χ0n) is 8.01. The summed E-state index contributed by atoms with van der Waals surface area (Å²) >= 11 is 0. The van der Waals surface area contributed by atoms with Crippen molar-refractivity contribution in [3.05, 3.63) is 0 Å². The maximum atomic E-state index is 5.67.